The van der Waals surface area contributed by atoms with Gasteiger partial charge in [0.1, 0.15) is 64.8 Å². The lowest BCUT2D eigenvalue weighted by molar-refractivity contribution is -0.281. The van der Waals surface area contributed by atoms with Gasteiger partial charge in [-0.25, -0.2) is 9.59 Å². The van der Waals surface area contributed by atoms with Crippen molar-refractivity contribution in [2.45, 2.75) is 61.4 Å². The van der Waals surface area contributed by atoms with E-state index in [0.29, 0.717) is 0 Å². The molecule has 1 aromatic heterocycles. The number of phenols is 4. The molecule has 10 N–H and O–H groups in total. The molecule has 0 saturated carbocycles. The lowest BCUT2D eigenvalue weighted by Crippen LogP contribution is -2.61. The molecule has 0 unspecified atom stereocenters. The summed E-state index contributed by atoms with van der Waals surface area (Å²) in [5.41, 5.74) is -1.16. The van der Waals surface area contributed by atoms with Crippen LogP contribution in [0.4, 0.5) is 0 Å². The lowest BCUT2D eigenvalue weighted by atomic mass is 9.99. The molecule has 0 radical (unpaired) electrons. The van der Waals surface area contributed by atoms with Crippen LogP contribution in [0.15, 0.2) is 69.9 Å². The van der Waals surface area contributed by atoms with Gasteiger partial charge in [-0.1, -0.05) is 6.07 Å². The number of aliphatic hydroxyl groups is 6. The second kappa shape index (κ2) is 16.6. The van der Waals surface area contributed by atoms with Crippen LogP contribution in [0.1, 0.15) is 5.56 Å². The largest absolute Gasteiger partial charge is 0.508 e. The van der Waals surface area contributed by atoms with Gasteiger partial charge in [0.15, 0.2) is 29.5 Å². The zero-order valence-corrected chi connectivity index (χ0v) is 29.4. The van der Waals surface area contributed by atoms with E-state index in [-0.39, 0.29) is 28.2 Å². The Morgan fingerprint density at radius 1 is 0.772 bits per heavy atom. The molecule has 304 valence electrons. The van der Waals surface area contributed by atoms with Crippen molar-refractivity contribution in [3.63, 3.8) is 0 Å². The summed E-state index contributed by atoms with van der Waals surface area (Å²) in [5, 5.41) is 102. The van der Waals surface area contributed by atoms with E-state index in [1.54, 1.807) is 0 Å². The van der Waals surface area contributed by atoms with E-state index < -0.39 is 120 Å². The molecule has 6 rings (SSSR count). The van der Waals surface area contributed by atoms with Gasteiger partial charge >= 0.3 is 11.9 Å². The summed E-state index contributed by atoms with van der Waals surface area (Å²) >= 11 is 0. The number of esters is 2. The molecule has 20 nitrogen and oxygen atoms in total. The summed E-state index contributed by atoms with van der Waals surface area (Å²) < 4.78 is 38.5. The van der Waals surface area contributed by atoms with E-state index in [9.17, 15) is 65.4 Å². The first-order valence-corrected chi connectivity index (χ1v) is 16.9. The van der Waals surface area contributed by atoms with Crippen LogP contribution in [0.25, 0.3) is 28.4 Å². The Kier molecular flexibility index (Phi) is 11.9. The molecule has 0 bridgehead atoms. The van der Waals surface area contributed by atoms with Gasteiger partial charge < -0.3 is 83.9 Å². The molecule has 0 aliphatic carbocycles. The van der Waals surface area contributed by atoms with Crippen LogP contribution in [-0.4, -0.2) is 138 Å². The van der Waals surface area contributed by atoms with Gasteiger partial charge in [0, 0.05) is 23.8 Å². The van der Waals surface area contributed by atoms with Crippen molar-refractivity contribution in [3.05, 3.63) is 76.5 Å². The number of phenolic OH excluding ortho intramolecular Hbond substituents is 4. The van der Waals surface area contributed by atoms with Gasteiger partial charge in [0.2, 0.25) is 23.8 Å². The van der Waals surface area contributed by atoms with Crippen LogP contribution in [0, 0.1) is 0 Å². The van der Waals surface area contributed by atoms with E-state index in [1.807, 2.05) is 0 Å². The van der Waals surface area contributed by atoms with Gasteiger partial charge in [0.05, 0.1) is 13.7 Å². The highest BCUT2D eigenvalue weighted by atomic mass is 16.7. The molecule has 57 heavy (non-hydrogen) atoms. The minimum absolute atomic E-state index is 0.0698. The van der Waals surface area contributed by atoms with Crippen LogP contribution < -0.4 is 14.9 Å². The van der Waals surface area contributed by atoms with Gasteiger partial charge in [-0.05, 0) is 48.0 Å². The number of hydrogen-bond donors (Lipinski definition) is 10. The molecule has 3 heterocycles. The molecule has 2 fully saturated rings. The third kappa shape index (κ3) is 8.28. The SMILES string of the molecule is COC(=O)[C@H]1O[C@@H](Oc2cc(O)c3c(=O)c(O[C@@H]4O[C@H](CO)[C@@H](O)[C@H](O)[C@H]4OC(=O)/C=C/c4ccc(O)c(O)c4)c(-c4ccc(O)cc4)oc3c2)[C@H](O)[C@@H](O)[C@@H]1O. The summed E-state index contributed by atoms with van der Waals surface area (Å²) in [6, 6.07) is 10.7. The van der Waals surface area contributed by atoms with Crippen LogP contribution in [0.3, 0.4) is 0 Å². The number of methoxy groups -OCH3 is 1. The number of ether oxygens (including phenoxy) is 6. The fourth-order valence-corrected chi connectivity index (χ4v) is 6.00. The summed E-state index contributed by atoms with van der Waals surface area (Å²) in [4.78, 5) is 39.3. The molecule has 0 spiro atoms. The predicted octanol–water partition coefficient (Wildman–Crippen LogP) is -0.915. The Morgan fingerprint density at radius 2 is 1.49 bits per heavy atom. The van der Waals surface area contributed by atoms with Gasteiger partial charge in [-0.3, -0.25) is 4.79 Å². The lowest BCUT2D eigenvalue weighted by Gasteiger charge is -2.41. The minimum Gasteiger partial charge on any atom is -0.508 e. The van der Waals surface area contributed by atoms with E-state index in [4.69, 9.17) is 28.1 Å². The van der Waals surface area contributed by atoms with Crippen LogP contribution in [0.5, 0.6) is 34.5 Å². The maximum atomic E-state index is 14.2. The first-order valence-electron chi connectivity index (χ1n) is 16.9. The number of benzene rings is 3. The van der Waals surface area contributed by atoms with Crippen molar-refractivity contribution in [1.29, 1.82) is 0 Å². The first-order chi connectivity index (χ1) is 27.1. The Labute approximate surface area is 319 Å². The number of aromatic hydroxyl groups is 4. The molecule has 10 atom stereocenters. The monoisotopic (exact) mass is 800 g/mol. The topological polar surface area (TPSA) is 322 Å². The van der Waals surface area contributed by atoms with E-state index >= 15 is 0 Å². The second-order valence-corrected chi connectivity index (χ2v) is 12.8. The highest BCUT2D eigenvalue weighted by Crippen LogP contribution is 2.39. The fourth-order valence-electron chi connectivity index (χ4n) is 6.00. The zero-order chi connectivity index (χ0) is 41.3. The molecular formula is C37H36O20. The molecule has 2 aliphatic rings. The molecular weight excluding hydrogens is 764 g/mol. The minimum atomic E-state index is -1.98. The van der Waals surface area contributed by atoms with Crippen molar-refractivity contribution in [2.75, 3.05) is 13.7 Å². The number of aliphatic hydroxyl groups excluding tert-OH is 6. The molecule has 2 saturated heterocycles. The van der Waals surface area contributed by atoms with Crippen molar-refractivity contribution in [3.8, 4) is 45.8 Å². The normalized spacial score (nSPS) is 27.6. The van der Waals surface area contributed by atoms with Crippen LogP contribution >= 0.6 is 0 Å². The predicted molar refractivity (Wildman–Crippen MR) is 188 cm³/mol. The number of carbonyl (C=O) groups is 2. The fraction of sp³-hybridized carbons (Fsp3) is 0.324. The Balaban J connectivity index is 1.38. The van der Waals surface area contributed by atoms with Crippen molar-refractivity contribution in [1.82, 2.24) is 0 Å². The van der Waals surface area contributed by atoms with Gasteiger partial charge in [0.25, 0.3) is 0 Å². The van der Waals surface area contributed by atoms with Crippen LogP contribution in [0.2, 0.25) is 0 Å². The van der Waals surface area contributed by atoms with Crippen molar-refractivity contribution < 1.29 is 93.5 Å². The molecule has 20 heteroatoms. The summed E-state index contributed by atoms with van der Waals surface area (Å²) in [6.07, 6.45) is -16.5. The highest BCUT2D eigenvalue weighted by molar-refractivity contribution is 5.89. The number of fused-ring (bicyclic) bond motifs is 1. The van der Waals surface area contributed by atoms with Gasteiger partial charge in [-0.2, -0.15) is 0 Å². The third-order valence-corrected chi connectivity index (χ3v) is 9.01. The van der Waals surface area contributed by atoms with E-state index in [2.05, 4.69) is 4.74 Å². The quantitative estimate of drug-likeness (QED) is 0.0527. The maximum absolute atomic E-state index is 14.2. The van der Waals surface area contributed by atoms with Crippen molar-refractivity contribution in [2.24, 2.45) is 0 Å². The summed E-state index contributed by atoms with van der Waals surface area (Å²) in [6.45, 7) is -0.876. The summed E-state index contributed by atoms with van der Waals surface area (Å²) in [7, 11) is 0.995. The summed E-state index contributed by atoms with van der Waals surface area (Å²) in [5.74, 6) is -5.59. The zero-order valence-electron chi connectivity index (χ0n) is 29.4. The van der Waals surface area contributed by atoms with Crippen LogP contribution in [-0.2, 0) is 28.5 Å². The molecule has 0 amide bonds. The Bertz CT molecular complexity index is 2200. The number of carbonyl (C=O) groups excluding carboxylic acids is 2. The smallest absolute Gasteiger partial charge is 0.337 e. The molecule has 3 aromatic carbocycles. The molecule has 4 aromatic rings. The standard InChI is InChI=1S/C37H36O20/c1-51-35(50)33-29(48)27(46)30(49)36(57-33)52-17-11-20(42)24-21(12-17)53-31(15-4-6-16(39)7-5-15)32(26(24)45)56-37-34(28(47)25(44)22(13-38)54-37)55-23(43)9-3-14-2-8-18(40)19(41)10-14/h2-12,22,25,27-30,33-34,36-42,44,46-49H,13H2,1H3/b9-3+/t22-,25-,27+,28+,29+,30-,33+,34-,36-,37+/m1/s1. The number of rotatable bonds is 10. The van der Waals surface area contributed by atoms with Crippen molar-refractivity contribution >= 4 is 29.0 Å². The molecule has 2 aliphatic heterocycles. The maximum Gasteiger partial charge on any atom is 0.337 e. The highest BCUT2D eigenvalue weighted by Gasteiger charge is 2.50. The average Bonchev–Trinajstić information content (AvgIpc) is 3.18. The van der Waals surface area contributed by atoms with E-state index in [1.165, 1.54) is 36.4 Å². The first kappa shape index (κ1) is 40.7. The van der Waals surface area contributed by atoms with Gasteiger partial charge in [-0.15, -0.1) is 0 Å². The average molecular weight is 801 g/mol. The Hall–Kier alpha value is -5.97. The van der Waals surface area contributed by atoms with E-state index in [0.717, 1.165) is 37.5 Å². The third-order valence-electron chi connectivity index (χ3n) is 9.01. The Morgan fingerprint density at radius 3 is 2.16 bits per heavy atom. The number of hydrogen-bond acceptors (Lipinski definition) is 20. The second-order valence-electron chi connectivity index (χ2n) is 12.8.